The lowest BCUT2D eigenvalue weighted by Gasteiger charge is -2.18. The van der Waals surface area contributed by atoms with E-state index in [-0.39, 0.29) is 24.4 Å². The molecule has 3 fully saturated rings. The molecule has 25 heavy (non-hydrogen) atoms. The van der Waals surface area contributed by atoms with Crippen molar-refractivity contribution < 1.29 is 9.32 Å². The molecule has 3 aliphatic rings. The van der Waals surface area contributed by atoms with Crippen LogP contribution in [0, 0.1) is 11.8 Å². The van der Waals surface area contributed by atoms with Gasteiger partial charge in [-0.1, -0.05) is 5.16 Å². The summed E-state index contributed by atoms with van der Waals surface area (Å²) in [5.74, 6) is 3.94. The predicted molar refractivity (Wildman–Crippen MR) is 103 cm³/mol. The molecule has 2 aliphatic carbocycles. The number of amides is 1. The summed E-state index contributed by atoms with van der Waals surface area (Å²) < 4.78 is 5.32. The Labute approximate surface area is 160 Å². The number of hydrogen-bond acceptors (Lipinski definition) is 5. The average molecular weight is 386 g/mol. The Balaban J connectivity index is 0.00000182. The molecule has 1 amide bonds. The summed E-state index contributed by atoms with van der Waals surface area (Å²) in [5, 5.41) is 7.23. The van der Waals surface area contributed by atoms with Crippen LogP contribution in [0.5, 0.6) is 0 Å². The second kappa shape index (κ2) is 8.31. The van der Waals surface area contributed by atoms with Crippen LogP contribution < -0.4 is 5.32 Å². The van der Waals surface area contributed by atoms with E-state index in [1.807, 2.05) is 17.8 Å². The van der Waals surface area contributed by atoms with Gasteiger partial charge in [0.15, 0.2) is 5.69 Å². The van der Waals surface area contributed by atoms with Crippen molar-refractivity contribution in [1.82, 2.24) is 15.4 Å². The molecule has 2 heterocycles. The van der Waals surface area contributed by atoms with E-state index in [4.69, 9.17) is 4.52 Å². The molecule has 1 aliphatic heterocycles. The number of carbonyl (C=O) groups excluding carboxylic acids is 1. The maximum atomic E-state index is 12.6. The van der Waals surface area contributed by atoms with Gasteiger partial charge in [-0.25, -0.2) is 0 Å². The lowest BCUT2D eigenvalue weighted by molar-refractivity contribution is 0.0918. The van der Waals surface area contributed by atoms with Crippen LogP contribution in [0.3, 0.4) is 0 Å². The van der Waals surface area contributed by atoms with Gasteiger partial charge in [0.2, 0.25) is 0 Å². The molecule has 2 saturated carbocycles. The third kappa shape index (κ3) is 4.72. The van der Waals surface area contributed by atoms with Gasteiger partial charge in [0.25, 0.3) is 5.91 Å². The van der Waals surface area contributed by atoms with Crippen LogP contribution in [0.1, 0.15) is 54.3 Å². The van der Waals surface area contributed by atoms with Crippen molar-refractivity contribution >= 4 is 30.1 Å². The summed E-state index contributed by atoms with van der Waals surface area (Å²) in [6.07, 6.45) is 8.36. The normalized spacial score (nSPS) is 26.4. The highest BCUT2D eigenvalue weighted by Crippen LogP contribution is 2.42. The average Bonchev–Trinajstić information content (AvgIpc) is 3.51. The van der Waals surface area contributed by atoms with Crippen LogP contribution in [0.25, 0.3) is 0 Å². The van der Waals surface area contributed by atoms with Gasteiger partial charge >= 0.3 is 0 Å². The fraction of sp³-hybridized carbons (Fsp3) is 0.778. The minimum absolute atomic E-state index is 0. The van der Waals surface area contributed by atoms with Crippen molar-refractivity contribution in [2.75, 3.05) is 31.6 Å². The second-order valence-electron chi connectivity index (χ2n) is 7.58. The molecule has 1 N–H and O–H groups in total. The van der Waals surface area contributed by atoms with Crippen LogP contribution >= 0.6 is 24.2 Å². The number of hydrogen-bond donors (Lipinski definition) is 1. The van der Waals surface area contributed by atoms with E-state index in [0.29, 0.717) is 17.5 Å². The quantitative estimate of drug-likeness (QED) is 0.696. The minimum Gasteiger partial charge on any atom is -0.360 e. The molecular weight excluding hydrogens is 358 g/mol. The highest BCUT2D eigenvalue weighted by Gasteiger charge is 2.43. The summed E-state index contributed by atoms with van der Waals surface area (Å²) in [6.45, 7) is 3.26. The predicted octanol–water partition coefficient (Wildman–Crippen LogP) is 3.17. The Bertz CT molecular complexity index is 589. The molecule has 0 spiro atoms. The third-order valence-electron chi connectivity index (χ3n) is 5.55. The molecule has 0 unspecified atom stereocenters. The van der Waals surface area contributed by atoms with Crippen LogP contribution in [0.4, 0.5) is 0 Å². The molecule has 4 rings (SSSR count). The number of likely N-dealkylation sites (tertiary alicyclic amines) is 1. The number of thioether (sulfide) groups is 1. The fourth-order valence-corrected chi connectivity index (χ4v) is 4.30. The summed E-state index contributed by atoms with van der Waals surface area (Å²) in [6, 6.07) is 2.10. The highest BCUT2D eigenvalue weighted by atomic mass is 35.5. The molecule has 0 radical (unpaired) electrons. The van der Waals surface area contributed by atoms with Gasteiger partial charge in [0.05, 0.1) is 0 Å². The molecule has 5 nitrogen and oxygen atoms in total. The van der Waals surface area contributed by atoms with Crippen LogP contribution in [0.2, 0.25) is 0 Å². The van der Waals surface area contributed by atoms with Gasteiger partial charge in [0, 0.05) is 31.1 Å². The standard InChI is InChI=1S/C18H27N3O2S.ClH/c1-24-8-2-7-21-10-14(12-3-4-12)16(11-21)19-18(22)15-9-17(23-20-15)13-5-6-13;/h9,12-14,16H,2-8,10-11H2,1H3,(H,19,22);1H/t14-,16+;/m1./s1. The Hall–Kier alpha value is -0.720. The van der Waals surface area contributed by atoms with Gasteiger partial charge in [-0.15, -0.1) is 12.4 Å². The monoisotopic (exact) mass is 385 g/mol. The lowest BCUT2D eigenvalue weighted by Crippen LogP contribution is -2.41. The first kappa shape index (κ1) is 19.1. The van der Waals surface area contributed by atoms with Crippen molar-refractivity contribution in [1.29, 1.82) is 0 Å². The minimum atomic E-state index is -0.0627. The number of halogens is 1. The first-order chi connectivity index (χ1) is 11.7. The molecule has 0 bridgehead atoms. The number of nitrogens with zero attached hydrogens (tertiary/aromatic N) is 2. The summed E-state index contributed by atoms with van der Waals surface area (Å²) in [5.41, 5.74) is 0.451. The highest BCUT2D eigenvalue weighted by molar-refractivity contribution is 7.98. The van der Waals surface area contributed by atoms with Gasteiger partial charge in [-0.2, -0.15) is 11.8 Å². The largest absolute Gasteiger partial charge is 0.360 e. The van der Waals surface area contributed by atoms with E-state index in [1.165, 1.54) is 25.0 Å². The first-order valence-corrected chi connectivity index (χ1v) is 10.6. The Morgan fingerprint density at radius 3 is 2.84 bits per heavy atom. The SMILES string of the molecule is CSCCCN1C[C@H](NC(=O)c2cc(C3CC3)on2)[C@@H](C2CC2)C1.Cl. The van der Waals surface area contributed by atoms with E-state index in [9.17, 15) is 4.79 Å². The number of aromatic nitrogens is 1. The molecule has 1 aromatic rings. The van der Waals surface area contributed by atoms with Crippen LogP contribution in [-0.2, 0) is 0 Å². The van der Waals surface area contributed by atoms with Gasteiger partial charge in [0.1, 0.15) is 5.76 Å². The molecule has 7 heteroatoms. The molecule has 1 saturated heterocycles. The zero-order chi connectivity index (χ0) is 16.5. The zero-order valence-corrected chi connectivity index (χ0v) is 16.4. The van der Waals surface area contributed by atoms with Crippen molar-refractivity contribution in [2.24, 2.45) is 11.8 Å². The molecular formula is C18H28ClN3O2S. The van der Waals surface area contributed by atoms with Gasteiger partial charge in [-0.05, 0) is 62.5 Å². The van der Waals surface area contributed by atoms with Gasteiger partial charge in [-0.3, -0.25) is 4.79 Å². The Morgan fingerprint density at radius 2 is 2.16 bits per heavy atom. The summed E-state index contributed by atoms with van der Waals surface area (Å²) in [4.78, 5) is 15.1. The summed E-state index contributed by atoms with van der Waals surface area (Å²) >= 11 is 1.91. The first-order valence-electron chi connectivity index (χ1n) is 9.23. The smallest absolute Gasteiger partial charge is 0.273 e. The topological polar surface area (TPSA) is 58.4 Å². The third-order valence-corrected chi connectivity index (χ3v) is 6.25. The molecule has 140 valence electrons. The number of rotatable bonds is 8. The van der Waals surface area contributed by atoms with Crippen molar-refractivity contribution in [3.63, 3.8) is 0 Å². The van der Waals surface area contributed by atoms with Crippen molar-refractivity contribution in [2.45, 2.75) is 44.1 Å². The number of carbonyl (C=O) groups is 1. The van der Waals surface area contributed by atoms with Crippen molar-refractivity contribution in [3.8, 4) is 0 Å². The van der Waals surface area contributed by atoms with Crippen LogP contribution in [0.15, 0.2) is 10.6 Å². The maximum absolute atomic E-state index is 12.6. The fourth-order valence-electron chi connectivity index (χ4n) is 3.88. The van der Waals surface area contributed by atoms with Gasteiger partial charge < -0.3 is 14.7 Å². The van der Waals surface area contributed by atoms with Crippen molar-refractivity contribution in [3.05, 3.63) is 17.5 Å². The molecule has 0 aromatic carbocycles. The maximum Gasteiger partial charge on any atom is 0.273 e. The van der Waals surface area contributed by atoms with E-state index < -0.39 is 0 Å². The van der Waals surface area contributed by atoms with E-state index in [0.717, 1.165) is 44.2 Å². The van der Waals surface area contributed by atoms with E-state index in [2.05, 4.69) is 21.6 Å². The molecule has 2 atom stereocenters. The van der Waals surface area contributed by atoms with E-state index in [1.54, 1.807) is 0 Å². The molecule has 1 aromatic heterocycles. The zero-order valence-electron chi connectivity index (χ0n) is 14.8. The van der Waals surface area contributed by atoms with Crippen LogP contribution in [-0.4, -0.2) is 53.6 Å². The number of nitrogens with one attached hydrogen (secondary N) is 1. The van der Waals surface area contributed by atoms with E-state index >= 15 is 0 Å². The summed E-state index contributed by atoms with van der Waals surface area (Å²) in [7, 11) is 0. The lowest BCUT2D eigenvalue weighted by atomic mass is 9.98. The Morgan fingerprint density at radius 1 is 1.36 bits per heavy atom. The Kier molecular flexibility index (Phi) is 6.34. The second-order valence-corrected chi connectivity index (χ2v) is 8.56.